The molecule has 0 aromatic heterocycles. The molecule has 1 aliphatic heterocycles. The molecule has 0 radical (unpaired) electrons. The van der Waals surface area contributed by atoms with Crippen molar-refractivity contribution in [2.75, 3.05) is 13.2 Å². The number of ether oxygens (including phenoxy) is 1. The second-order valence-corrected chi connectivity index (χ2v) is 7.40. The molecule has 1 aromatic carbocycles. The van der Waals surface area contributed by atoms with E-state index in [1.165, 1.54) is 0 Å². The van der Waals surface area contributed by atoms with E-state index in [2.05, 4.69) is 18.3 Å². The van der Waals surface area contributed by atoms with Crippen molar-refractivity contribution in [3.05, 3.63) is 29.8 Å². The van der Waals surface area contributed by atoms with Crippen LogP contribution in [0.1, 0.15) is 38.8 Å². The zero-order valence-electron chi connectivity index (χ0n) is 11.9. The highest BCUT2D eigenvalue weighted by atomic mass is 32.2. The minimum Gasteiger partial charge on any atom is -0.492 e. The van der Waals surface area contributed by atoms with Gasteiger partial charge in [-0.3, -0.25) is 4.21 Å². The lowest BCUT2D eigenvalue weighted by Gasteiger charge is -2.34. The first-order valence-corrected chi connectivity index (χ1v) is 8.27. The fourth-order valence-electron chi connectivity index (χ4n) is 2.43. The quantitative estimate of drug-likeness (QED) is 0.901. The van der Waals surface area contributed by atoms with Crippen molar-refractivity contribution < 1.29 is 8.95 Å². The van der Waals surface area contributed by atoms with Crippen molar-refractivity contribution in [2.24, 2.45) is 0 Å². The number of hydrogen-bond acceptors (Lipinski definition) is 3. The van der Waals surface area contributed by atoms with E-state index in [-0.39, 0.29) is 16.5 Å². The Morgan fingerprint density at radius 2 is 2.16 bits per heavy atom. The molecule has 19 heavy (non-hydrogen) atoms. The first-order chi connectivity index (χ1) is 9.15. The summed E-state index contributed by atoms with van der Waals surface area (Å²) in [7, 11) is -0.886. The van der Waals surface area contributed by atoms with Gasteiger partial charge in [0.05, 0.1) is 11.3 Å². The van der Waals surface area contributed by atoms with Gasteiger partial charge in [0.15, 0.2) is 0 Å². The molecular weight excluding hydrogens is 258 g/mol. The van der Waals surface area contributed by atoms with E-state index in [1.54, 1.807) is 0 Å². The second kappa shape index (κ2) is 6.53. The van der Waals surface area contributed by atoms with Crippen LogP contribution in [0, 0.1) is 0 Å². The lowest BCUT2D eigenvalue weighted by Crippen LogP contribution is -2.44. The zero-order chi connectivity index (χ0) is 13.8. The Morgan fingerprint density at radius 1 is 1.42 bits per heavy atom. The third kappa shape index (κ3) is 3.18. The summed E-state index contributed by atoms with van der Waals surface area (Å²) in [6.07, 6.45) is 1.07. The van der Waals surface area contributed by atoms with Gasteiger partial charge >= 0.3 is 0 Å². The minimum atomic E-state index is -0.886. The Morgan fingerprint density at radius 3 is 2.84 bits per heavy atom. The molecule has 0 saturated carbocycles. The van der Waals surface area contributed by atoms with Crippen molar-refractivity contribution >= 4 is 10.8 Å². The summed E-state index contributed by atoms with van der Waals surface area (Å²) in [5.74, 6) is 0.924. The number of rotatable bonds is 5. The van der Waals surface area contributed by atoms with Crippen LogP contribution in [0.3, 0.4) is 0 Å². The summed E-state index contributed by atoms with van der Waals surface area (Å²) >= 11 is 0. The van der Waals surface area contributed by atoms with Crippen LogP contribution in [0.4, 0.5) is 0 Å². The Hall–Kier alpha value is -0.870. The van der Waals surface area contributed by atoms with Gasteiger partial charge in [0.1, 0.15) is 12.4 Å². The van der Waals surface area contributed by atoms with Crippen LogP contribution < -0.4 is 10.1 Å². The van der Waals surface area contributed by atoms with Gasteiger partial charge in [0, 0.05) is 21.6 Å². The van der Waals surface area contributed by atoms with E-state index in [9.17, 15) is 4.21 Å². The number of para-hydroxylation sites is 1. The maximum Gasteiger partial charge on any atom is 0.124 e. The van der Waals surface area contributed by atoms with Gasteiger partial charge in [0.2, 0.25) is 0 Å². The van der Waals surface area contributed by atoms with Crippen LogP contribution in [0.25, 0.3) is 0 Å². The van der Waals surface area contributed by atoms with Crippen LogP contribution in [0.2, 0.25) is 0 Å². The molecule has 1 heterocycles. The number of benzene rings is 1. The summed E-state index contributed by atoms with van der Waals surface area (Å²) in [4.78, 5) is 0. The van der Waals surface area contributed by atoms with Crippen LogP contribution in [-0.4, -0.2) is 27.9 Å². The van der Waals surface area contributed by atoms with Gasteiger partial charge in [-0.1, -0.05) is 39.0 Å². The van der Waals surface area contributed by atoms with Crippen LogP contribution in [0.15, 0.2) is 24.3 Å². The number of fused-ring (bicyclic) bond motifs is 1. The topological polar surface area (TPSA) is 38.3 Å². The van der Waals surface area contributed by atoms with E-state index in [1.807, 2.05) is 32.0 Å². The predicted molar refractivity (Wildman–Crippen MR) is 80.0 cm³/mol. The smallest absolute Gasteiger partial charge is 0.124 e. The molecule has 0 spiro atoms. The average Bonchev–Trinajstić information content (AvgIpc) is 2.43. The second-order valence-electron chi connectivity index (χ2n) is 5.20. The molecule has 0 amide bonds. The summed E-state index contributed by atoms with van der Waals surface area (Å²) < 4.78 is 18.3. The fraction of sp³-hybridized carbons (Fsp3) is 0.600. The molecule has 3 unspecified atom stereocenters. The molecule has 2 rings (SSSR count). The van der Waals surface area contributed by atoms with E-state index >= 15 is 0 Å². The standard InChI is InChI=1S/C15H23NO2S/c1-4-9-16-15-12-7-5-6-8-13(12)18-10-14(15)19(17)11(2)3/h5-8,11,14-16H,4,9-10H2,1-3H3. The predicted octanol–water partition coefficient (Wildman–Crippen LogP) is 2.65. The average molecular weight is 281 g/mol. The largest absolute Gasteiger partial charge is 0.492 e. The minimum absolute atomic E-state index is 0.0291. The number of hydrogen-bond donors (Lipinski definition) is 1. The Kier molecular flexibility index (Phi) is 4.99. The monoisotopic (exact) mass is 281 g/mol. The third-order valence-corrected chi connectivity index (χ3v) is 5.34. The van der Waals surface area contributed by atoms with Gasteiger partial charge in [-0.2, -0.15) is 0 Å². The normalized spacial score (nSPS) is 23.8. The Labute approximate surface area is 118 Å². The highest BCUT2D eigenvalue weighted by molar-refractivity contribution is 7.86. The molecule has 106 valence electrons. The molecule has 0 bridgehead atoms. The van der Waals surface area contributed by atoms with E-state index in [0.717, 1.165) is 24.3 Å². The van der Waals surface area contributed by atoms with Gasteiger partial charge in [-0.15, -0.1) is 0 Å². The fourth-order valence-corrected chi connectivity index (χ4v) is 3.84. The molecule has 4 heteroatoms. The molecule has 3 nitrogen and oxygen atoms in total. The molecule has 1 aliphatic rings. The first-order valence-electron chi connectivity index (χ1n) is 6.99. The maximum absolute atomic E-state index is 12.5. The van der Waals surface area contributed by atoms with Crippen molar-refractivity contribution in [1.82, 2.24) is 5.32 Å². The lowest BCUT2D eigenvalue weighted by atomic mass is 10.00. The van der Waals surface area contributed by atoms with E-state index < -0.39 is 10.8 Å². The molecule has 0 saturated heterocycles. The molecule has 3 atom stereocenters. The number of nitrogens with one attached hydrogen (secondary N) is 1. The van der Waals surface area contributed by atoms with Crippen LogP contribution in [0.5, 0.6) is 5.75 Å². The summed E-state index contributed by atoms with van der Waals surface area (Å²) in [5.41, 5.74) is 1.14. The van der Waals surface area contributed by atoms with E-state index in [4.69, 9.17) is 4.74 Å². The third-order valence-electron chi connectivity index (χ3n) is 3.41. The summed E-state index contributed by atoms with van der Waals surface area (Å²) in [5, 5.41) is 3.73. The van der Waals surface area contributed by atoms with Gasteiger partial charge < -0.3 is 10.1 Å². The summed E-state index contributed by atoms with van der Waals surface area (Å²) in [6.45, 7) is 7.63. The van der Waals surface area contributed by atoms with Gasteiger partial charge in [0.25, 0.3) is 0 Å². The highest BCUT2D eigenvalue weighted by Crippen LogP contribution is 2.34. The zero-order valence-corrected chi connectivity index (χ0v) is 12.7. The lowest BCUT2D eigenvalue weighted by molar-refractivity contribution is 0.257. The molecule has 1 N–H and O–H groups in total. The SMILES string of the molecule is CCCNC1c2ccccc2OCC1S(=O)C(C)C. The van der Waals surface area contributed by atoms with Crippen molar-refractivity contribution in [3.8, 4) is 5.75 Å². The van der Waals surface area contributed by atoms with Gasteiger partial charge in [-0.25, -0.2) is 0 Å². The van der Waals surface area contributed by atoms with Crippen LogP contribution >= 0.6 is 0 Å². The van der Waals surface area contributed by atoms with Crippen molar-refractivity contribution in [3.63, 3.8) is 0 Å². The highest BCUT2D eigenvalue weighted by Gasteiger charge is 2.35. The van der Waals surface area contributed by atoms with E-state index in [0.29, 0.717) is 6.61 Å². The Bertz CT molecular complexity index is 448. The Balaban J connectivity index is 2.28. The van der Waals surface area contributed by atoms with Gasteiger partial charge in [-0.05, 0) is 19.0 Å². The molecular formula is C15H23NO2S. The maximum atomic E-state index is 12.5. The van der Waals surface area contributed by atoms with Crippen molar-refractivity contribution in [2.45, 2.75) is 43.7 Å². The first kappa shape index (κ1) is 14.5. The molecule has 1 aromatic rings. The molecule has 0 fully saturated rings. The summed E-state index contributed by atoms with van der Waals surface area (Å²) in [6, 6.07) is 8.20. The molecule has 0 aliphatic carbocycles. The van der Waals surface area contributed by atoms with Crippen molar-refractivity contribution in [1.29, 1.82) is 0 Å². The van der Waals surface area contributed by atoms with Crippen LogP contribution in [-0.2, 0) is 10.8 Å².